The van der Waals surface area contributed by atoms with Crippen LogP contribution in [0.1, 0.15) is 53.0 Å². The number of carbonyl (C=O) groups is 2. The highest BCUT2D eigenvalue weighted by Crippen LogP contribution is 2.41. The van der Waals surface area contributed by atoms with E-state index in [0.29, 0.717) is 12.8 Å². The Hall–Kier alpha value is -3.66. The van der Waals surface area contributed by atoms with Gasteiger partial charge < -0.3 is 29.6 Å². The smallest absolute Gasteiger partial charge is 0.410 e. The minimum absolute atomic E-state index is 0.00269. The van der Waals surface area contributed by atoms with Gasteiger partial charge in [-0.15, -0.1) is 0 Å². The molecule has 0 spiro atoms. The highest BCUT2D eigenvalue weighted by atomic mass is 28.4. The minimum atomic E-state index is -3.32. The van der Waals surface area contributed by atoms with Gasteiger partial charge in [-0.1, -0.05) is 105 Å². The number of amides is 2. The second-order valence-corrected chi connectivity index (χ2v) is 16.8. The van der Waals surface area contributed by atoms with Gasteiger partial charge in [0.15, 0.2) is 0 Å². The second kappa shape index (κ2) is 13.3. The third-order valence-electron chi connectivity index (χ3n) is 8.17. The van der Waals surface area contributed by atoms with E-state index < -0.39 is 49.3 Å². The van der Waals surface area contributed by atoms with Crippen LogP contribution in [0.25, 0.3) is 0 Å². The summed E-state index contributed by atoms with van der Waals surface area (Å²) >= 11 is 0. The van der Waals surface area contributed by atoms with Crippen LogP contribution in [0.15, 0.2) is 91.0 Å². The van der Waals surface area contributed by atoms with E-state index in [1.54, 1.807) is 20.8 Å². The average molecular weight is 605 g/mol. The Morgan fingerprint density at radius 2 is 1.40 bits per heavy atom. The molecule has 3 aromatic carbocycles. The first-order valence-electron chi connectivity index (χ1n) is 14.8. The molecular weight excluding hydrogens is 560 g/mol. The zero-order valence-corrected chi connectivity index (χ0v) is 26.7. The summed E-state index contributed by atoms with van der Waals surface area (Å²) in [5.74, 6) is 0. The molecule has 0 unspecified atom stereocenters. The third kappa shape index (κ3) is 7.65. The SMILES string of the molecule is CC(C)(C)OC(=O)N1C[C@H](O)[C@H](NC(=O)OCc2ccccc2)[C@H]1CCC(C)(C)[Si](O)(c1ccccc1)c1ccccc1. The van der Waals surface area contributed by atoms with Crippen molar-refractivity contribution in [3.8, 4) is 0 Å². The van der Waals surface area contributed by atoms with Crippen molar-refractivity contribution < 1.29 is 29.0 Å². The molecule has 9 heteroatoms. The number of hydrogen-bond donors (Lipinski definition) is 3. The fourth-order valence-electron chi connectivity index (χ4n) is 5.86. The van der Waals surface area contributed by atoms with Crippen LogP contribution in [0, 0.1) is 0 Å². The summed E-state index contributed by atoms with van der Waals surface area (Å²) in [5, 5.41) is 15.1. The molecular formula is C34H44N2O6Si. The van der Waals surface area contributed by atoms with Gasteiger partial charge in [0.1, 0.15) is 12.2 Å². The van der Waals surface area contributed by atoms with E-state index >= 15 is 0 Å². The first-order valence-corrected chi connectivity index (χ1v) is 16.7. The highest BCUT2D eigenvalue weighted by molar-refractivity contribution is 6.98. The van der Waals surface area contributed by atoms with Gasteiger partial charge in [-0.2, -0.15) is 0 Å². The summed E-state index contributed by atoms with van der Waals surface area (Å²) in [4.78, 5) is 40.3. The number of ether oxygens (including phenoxy) is 2. The van der Waals surface area contributed by atoms with Gasteiger partial charge >= 0.3 is 12.2 Å². The lowest BCUT2D eigenvalue weighted by molar-refractivity contribution is 0.0193. The van der Waals surface area contributed by atoms with Crippen molar-refractivity contribution >= 4 is 30.9 Å². The molecule has 1 aliphatic heterocycles. The van der Waals surface area contributed by atoms with E-state index in [1.165, 1.54) is 4.90 Å². The number of benzene rings is 3. The number of carbonyl (C=O) groups excluding carboxylic acids is 2. The predicted octanol–water partition coefficient (Wildman–Crippen LogP) is 4.57. The van der Waals surface area contributed by atoms with Crippen molar-refractivity contribution in [2.75, 3.05) is 6.54 Å². The number of β-amino-alcohol motifs (C(OH)–C–C–N with tert-alkyl or cyclic N) is 1. The number of hydrogen-bond acceptors (Lipinski definition) is 6. The van der Waals surface area contributed by atoms with Gasteiger partial charge in [0.25, 0.3) is 8.32 Å². The number of likely N-dealkylation sites (tertiary alicyclic amines) is 1. The number of aliphatic hydroxyl groups excluding tert-OH is 1. The molecule has 0 saturated carbocycles. The maximum Gasteiger partial charge on any atom is 0.410 e. The number of rotatable bonds is 9. The maximum atomic E-state index is 13.3. The Balaban J connectivity index is 1.59. The normalized spacial score (nSPS) is 19.1. The van der Waals surface area contributed by atoms with Crippen molar-refractivity contribution in [2.45, 2.75) is 82.9 Å². The van der Waals surface area contributed by atoms with Crippen molar-refractivity contribution in [3.63, 3.8) is 0 Å². The molecule has 0 aromatic heterocycles. The van der Waals surface area contributed by atoms with E-state index in [1.807, 2.05) is 91.0 Å². The average Bonchev–Trinajstić information content (AvgIpc) is 3.29. The fourth-order valence-corrected chi connectivity index (χ4v) is 9.61. The fraction of sp³-hybridized carbons (Fsp3) is 0.412. The summed E-state index contributed by atoms with van der Waals surface area (Å²) in [5.41, 5.74) is 0.101. The molecule has 43 heavy (non-hydrogen) atoms. The molecule has 3 atom stereocenters. The topological polar surface area (TPSA) is 108 Å². The molecule has 230 valence electrons. The standard InChI is InChI=1S/C34H44N2O6Si/c1-33(2,3)42-32(39)36-23-29(37)30(35-31(38)41-24-25-15-9-6-10-16-25)28(36)21-22-34(4,5)43(40,26-17-11-7-12-18-26)27-19-13-8-14-20-27/h6-20,28-30,37,40H,21-24H2,1-5H3,(H,35,38)/t28-,29+,30-/m1/s1. The van der Waals surface area contributed by atoms with Crippen LogP contribution in [0.4, 0.5) is 9.59 Å². The minimum Gasteiger partial charge on any atom is -0.445 e. The number of alkyl carbamates (subject to hydrolysis) is 1. The van der Waals surface area contributed by atoms with Crippen LogP contribution in [0.5, 0.6) is 0 Å². The summed E-state index contributed by atoms with van der Waals surface area (Å²) in [6.07, 6.45) is -1.35. The van der Waals surface area contributed by atoms with Crippen LogP contribution in [-0.2, 0) is 16.1 Å². The lowest BCUT2D eigenvalue weighted by atomic mass is 9.97. The van der Waals surface area contributed by atoms with Gasteiger partial charge in [-0.05, 0) is 54.6 Å². The first-order chi connectivity index (χ1) is 20.3. The highest BCUT2D eigenvalue weighted by Gasteiger charge is 2.52. The Bertz CT molecular complexity index is 1310. The molecule has 0 radical (unpaired) electrons. The van der Waals surface area contributed by atoms with Crippen LogP contribution in [-0.4, -0.2) is 65.6 Å². The molecule has 0 aliphatic carbocycles. The van der Waals surface area contributed by atoms with Crippen LogP contribution in [0.2, 0.25) is 5.04 Å². The number of nitrogens with zero attached hydrogens (tertiary/aromatic N) is 1. The quantitative estimate of drug-likeness (QED) is 0.309. The Morgan fingerprint density at radius 3 is 1.91 bits per heavy atom. The Kier molecular flexibility index (Phi) is 9.99. The number of aliphatic hydroxyl groups is 1. The van der Waals surface area contributed by atoms with Crippen molar-refractivity contribution in [1.82, 2.24) is 10.2 Å². The van der Waals surface area contributed by atoms with Crippen molar-refractivity contribution in [2.24, 2.45) is 0 Å². The van der Waals surface area contributed by atoms with Gasteiger partial charge in [0.05, 0.1) is 24.7 Å². The van der Waals surface area contributed by atoms with Gasteiger partial charge in [0, 0.05) is 0 Å². The summed E-state index contributed by atoms with van der Waals surface area (Å²) in [6, 6.07) is 27.5. The van der Waals surface area contributed by atoms with E-state index in [4.69, 9.17) is 9.47 Å². The summed E-state index contributed by atoms with van der Waals surface area (Å²) < 4.78 is 11.1. The maximum absolute atomic E-state index is 13.3. The molecule has 3 aromatic rings. The molecule has 1 fully saturated rings. The molecule has 1 heterocycles. The van der Waals surface area contributed by atoms with Gasteiger partial charge in [-0.25, -0.2) is 9.59 Å². The molecule has 0 bridgehead atoms. The third-order valence-corrected chi connectivity index (χ3v) is 12.7. The van der Waals surface area contributed by atoms with E-state index in [-0.39, 0.29) is 13.2 Å². The molecule has 2 amide bonds. The van der Waals surface area contributed by atoms with E-state index in [9.17, 15) is 19.5 Å². The van der Waals surface area contributed by atoms with Crippen molar-refractivity contribution in [3.05, 3.63) is 96.6 Å². The van der Waals surface area contributed by atoms with Crippen LogP contribution < -0.4 is 15.7 Å². The van der Waals surface area contributed by atoms with E-state index in [2.05, 4.69) is 19.2 Å². The summed E-state index contributed by atoms with van der Waals surface area (Å²) in [7, 11) is -3.32. The molecule has 1 saturated heterocycles. The predicted molar refractivity (Wildman–Crippen MR) is 170 cm³/mol. The van der Waals surface area contributed by atoms with Gasteiger partial charge in [0.2, 0.25) is 0 Å². The second-order valence-electron chi connectivity index (χ2n) is 12.9. The lowest BCUT2D eigenvalue weighted by Crippen LogP contribution is -2.65. The van der Waals surface area contributed by atoms with Crippen molar-refractivity contribution in [1.29, 1.82) is 0 Å². The zero-order valence-electron chi connectivity index (χ0n) is 25.7. The molecule has 3 N–H and O–H groups in total. The van der Waals surface area contributed by atoms with Crippen LogP contribution >= 0.6 is 0 Å². The number of nitrogens with one attached hydrogen (secondary N) is 1. The van der Waals surface area contributed by atoms with E-state index in [0.717, 1.165) is 15.9 Å². The van der Waals surface area contributed by atoms with Crippen LogP contribution in [0.3, 0.4) is 0 Å². The largest absolute Gasteiger partial charge is 0.445 e. The van der Waals surface area contributed by atoms with Gasteiger partial charge in [-0.3, -0.25) is 0 Å². The molecule has 8 nitrogen and oxygen atoms in total. The summed E-state index contributed by atoms with van der Waals surface area (Å²) in [6.45, 7) is 9.56. The monoisotopic (exact) mass is 604 g/mol. The molecule has 1 aliphatic rings. The lowest BCUT2D eigenvalue weighted by Gasteiger charge is -2.42. The molecule has 4 rings (SSSR count). The Labute approximate surface area is 255 Å². The first kappa shape index (κ1) is 32.3. The zero-order chi connectivity index (χ0) is 31.3. The Morgan fingerprint density at radius 1 is 0.884 bits per heavy atom.